The molecule has 0 bridgehead atoms. The molecule has 0 radical (unpaired) electrons. The van der Waals surface area contributed by atoms with Gasteiger partial charge >= 0.3 is 0 Å². The minimum absolute atomic E-state index is 0.696. The number of para-hydroxylation sites is 1. The lowest BCUT2D eigenvalue weighted by molar-refractivity contribution is 0.489. The molecule has 0 atom stereocenters. The smallest absolute Gasteiger partial charge is 0.160 e. The summed E-state index contributed by atoms with van der Waals surface area (Å²) in [6.45, 7) is 0. The van der Waals surface area contributed by atoms with Crippen molar-refractivity contribution in [3.8, 4) is 123 Å². The van der Waals surface area contributed by atoms with E-state index in [0.29, 0.717) is 5.82 Å². The van der Waals surface area contributed by atoms with Crippen LogP contribution in [-0.4, -0.2) is 9.97 Å². The predicted octanol–water partition coefficient (Wildman–Crippen LogP) is 18.4. The summed E-state index contributed by atoms with van der Waals surface area (Å²) in [5.41, 5.74) is 20.7. The Morgan fingerprint density at radius 1 is 0.254 bits per heavy atom. The molecular weight excluding hydrogens is 861 g/mol. The van der Waals surface area contributed by atoms with E-state index in [1.807, 2.05) is 24.3 Å². The highest BCUT2D eigenvalue weighted by atomic mass is 16.5. The van der Waals surface area contributed by atoms with Gasteiger partial charge in [0.25, 0.3) is 0 Å². The lowest BCUT2D eigenvalue weighted by Crippen LogP contribution is -2.00. The van der Waals surface area contributed by atoms with Gasteiger partial charge in [0.2, 0.25) is 0 Å². The molecule has 0 saturated heterocycles. The van der Waals surface area contributed by atoms with Crippen LogP contribution in [0.4, 0.5) is 0 Å². The van der Waals surface area contributed by atoms with E-state index in [-0.39, 0.29) is 0 Å². The van der Waals surface area contributed by atoms with E-state index in [1.54, 1.807) is 0 Å². The van der Waals surface area contributed by atoms with E-state index in [9.17, 15) is 0 Å². The first-order valence-corrected chi connectivity index (χ1v) is 24.1. The van der Waals surface area contributed by atoms with Crippen molar-refractivity contribution in [1.82, 2.24) is 9.97 Å². The standard InChI is InChI=1S/C68H44N2O/c1-5-16-45(17-6-1)47-32-38-51(39-33-47)62-44-63(70-68(69-62)55-22-11-4-12-23-55)52-40-34-49(35-41-52)48-30-36-50(37-31-48)60-42-56(46-18-7-2-8-19-46)43-61(65(60)53-20-9-3-10-21-53)59-28-15-27-58-57-26-13-24-54-25-14-29-64(66(54)57)71-67(58)59/h1-44H. The van der Waals surface area contributed by atoms with E-state index >= 15 is 0 Å². The van der Waals surface area contributed by atoms with Crippen LogP contribution >= 0.6 is 0 Å². The first kappa shape index (κ1) is 41.7. The van der Waals surface area contributed by atoms with Gasteiger partial charge < -0.3 is 4.74 Å². The molecule has 3 nitrogen and oxygen atoms in total. The number of aromatic nitrogens is 2. The van der Waals surface area contributed by atoms with Crippen molar-refractivity contribution in [2.24, 2.45) is 0 Å². The molecule has 0 N–H and O–H groups in total. The number of rotatable bonds is 9. The Labute approximate surface area is 413 Å². The van der Waals surface area contributed by atoms with E-state index in [2.05, 4.69) is 243 Å². The largest absolute Gasteiger partial charge is 0.455 e. The zero-order chi connectivity index (χ0) is 47.1. The van der Waals surface area contributed by atoms with Gasteiger partial charge in [-0.15, -0.1) is 0 Å². The van der Waals surface area contributed by atoms with Crippen LogP contribution in [0.3, 0.4) is 0 Å². The molecule has 0 unspecified atom stereocenters. The highest BCUT2D eigenvalue weighted by Gasteiger charge is 2.26. The Hall–Kier alpha value is -9.44. The second kappa shape index (κ2) is 17.9. The number of fused-ring (bicyclic) bond motifs is 2. The van der Waals surface area contributed by atoms with Crippen LogP contribution in [0, 0.1) is 0 Å². The maximum atomic E-state index is 6.98. The molecule has 1 aliphatic heterocycles. The Morgan fingerprint density at radius 2 is 0.662 bits per heavy atom. The summed E-state index contributed by atoms with van der Waals surface area (Å²) in [7, 11) is 0. The lowest BCUT2D eigenvalue weighted by Gasteiger charge is -2.25. The van der Waals surface area contributed by atoms with Crippen molar-refractivity contribution >= 4 is 10.8 Å². The number of hydrogen-bond donors (Lipinski definition) is 0. The van der Waals surface area contributed by atoms with Crippen molar-refractivity contribution in [2.45, 2.75) is 0 Å². The molecule has 1 aliphatic rings. The second-order valence-electron chi connectivity index (χ2n) is 18.0. The lowest BCUT2D eigenvalue weighted by atomic mass is 9.83. The highest BCUT2D eigenvalue weighted by molar-refractivity contribution is 6.07. The molecule has 332 valence electrons. The van der Waals surface area contributed by atoms with Crippen molar-refractivity contribution < 1.29 is 4.74 Å². The Morgan fingerprint density at radius 3 is 1.23 bits per heavy atom. The van der Waals surface area contributed by atoms with Crippen LogP contribution < -0.4 is 4.74 Å². The van der Waals surface area contributed by atoms with Crippen LogP contribution in [0.25, 0.3) is 123 Å². The highest BCUT2D eigenvalue weighted by Crippen LogP contribution is 2.53. The molecule has 12 aromatic rings. The molecule has 0 amide bonds. The molecule has 1 aromatic heterocycles. The van der Waals surface area contributed by atoms with Crippen LogP contribution in [0.2, 0.25) is 0 Å². The first-order valence-electron chi connectivity index (χ1n) is 24.1. The summed E-state index contributed by atoms with van der Waals surface area (Å²) in [6.07, 6.45) is 0. The Kier molecular flexibility index (Phi) is 10.5. The monoisotopic (exact) mass is 904 g/mol. The minimum atomic E-state index is 0.696. The van der Waals surface area contributed by atoms with Gasteiger partial charge in [-0.3, -0.25) is 0 Å². The molecular formula is C68H44N2O. The van der Waals surface area contributed by atoms with Crippen molar-refractivity contribution in [3.05, 3.63) is 267 Å². The Bertz CT molecular complexity index is 3880. The van der Waals surface area contributed by atoms with Gasteiger partial charge in [0.15, 0.2) is 5.82 Å². The molecule has 11 aromatic carbocycles. The number of ether oxygens (including phenoxy) is 1. The van der Waals surface area contributed by atoms with Crippen molar-refractivity contribution in [3.63, 3.8) is 0 Å². The molecule has 13 rings (SSSR count). The summed E-state index contributed by atoms with van der Waals surface area (Å²) in [5, 5.41) is 2.32. The minimum Gasteiger partial charge on any atom is -0.455 e. The van der Waals surface area contributed by atoms with Crippen LogP contribution in [0.15, 0.2) is 267 Å². The third-order valence-electron chi connectivity index (χ3n) is 13.7. The fourth-order valence-corrected chi connectivity index (χ4v) is 10.2. The zero-order valence-corrected chi connectivity index (χ0v) is 38.7. The molecule has 71 heavy (non-hydrogen) atoms. The predicted molar refractivity (Wildman–Crippen MR) is 294 cm³/mol. The summed E-state index contributed by atoms with van der Waals surface area (Å²) in [6, 6.07) is 94.8. The molecule has 0 aliphatic carbocycles. The van der Waals surface area contributed by atoms with E-state index in [1.165, 1.54) is 22.1 Å². The molecule has 0 fully saturated rings. The second-order valence-corrected chi connectivity index (χ2v) is 18.0. The third-order valence-corrected chi connectivity index (χ3v) is 13.7. The van der Waals surface area contributed by atoms with Crippen LogP contribution in [0.5, 0.6) is 11.5 Å². The van der Waals surface area contributed by atoms with Gasteiger partial charge in [0, 0.05) is 33.2 Å². The maximum absolute atomic E-state index is 6.98. The summed E-state index contributed by atoms with van der Waals surface area (Å²) in [5.74, 6) is 2.45. The van der Waals surface area contributed by atoms with E-state index < -0.39 is 0 Å². The van der Waals surface area contributed by atoms with E-state index in [4.69, 9.17) is 14.7 Å². The number of benzene rings is 11. The topological polar surface area (TPSA) is 35.0 Å². The van der Waals surface area contributed by atoms with Gasteiger partial charge in [-0.25, -0.2) is 9.97 Å². The molecule has 3 heteroatoms. The fraction of sp³-hybridized carbons (Fsp3) is 0. The van der Waals surface area contributed by atoms with Crippen molar-refractivity contribution in [2.75, 3.05) is 0 Å². The van der Waals surface area contributed by atoms with Crippen molar-refractivity contribution in [1.29, 1.82) is 0 Å². The van der Waals surface area contributed by atoms with Gasteiger partial charge in [-0.1, -0.05) is 243 Å². The third kappa shape index (κ3) is 7.86. The average Bonchev–Trinajstić information content (AvgIpc) is 3.46. The quantitative estimate of drug-likeness (QED) is 0.145. The van der Waals surface area contributed by atoms with Crippen LogP contribution in [-0.2, 0) is 0 Å². The SMILES string of the molecule is c1ccc(-c2ccc(-c3cc(-c4ccc(-c5ccc(-c6cc(-c7ccccc7)cc(-c7cccc8c7Oc7cccc9cccc-8c79)c6-c6ccccc6)cc5)cc4)nc(-c4ccccc4)n3)cc2)cc1. The maximum Gasteiger partial charge on any atom is 0.160 e. The van der Waals surface area contributed by atoms with E-state index in [0.717, 1.165) is 106 Å². The van der Waals surface area contributed by atoms with Gasteiger partial charge in [-0.05, 0) is 96.4 Å². The average molecular weight is 905 g/mol. The number of hydrogen-bond acceptors (Lipinski definition) is 3. The van der Waals surface area contributed by atoms with Gasteiger partial charge in [0.05, 0.1) is 11.4 Å². The summed E-state index contributed by atoms with van der Waals surface area (Å²) < 4.78 is 6.98. The zero-order valence-electron chi connectivity index (χ0n) is 38.7. The van der Waals surface area contributed by atoms with Gasteiger partial charge in [0.1, 0.15) is 11.5 Å². The molecule has 0 saturated carbocycles. The normalized spacial score (nSPS) is 11.5. The Balaban J connectivity index is 0.891. The van der Waals surface area contributed by atoms with Crippen LogP contribution in [0.1, 0.15) is 0 Å². The fourth-order valence-electron chi connectivity index (χ4n) is 10.2. The summed E-state index contributed by atoms with van der Waals surface area (Å²) >= 11 is 0. The first-order chi connectivity index (χ1) is 35.2. The summed E-state index contributed by atoms with van der Waals surface area (Å²) in [4.78, 5) is 10.2. The van der Waals surface area contributed by atoms with Gasteiger partial charge in [-0.2, -0.15) is 0 Å². The molecule has 2 heterocycles. The molecule has 0 spiro atoms. The number of nitrogens with zero attached hydrogens (tertiary/aromatic N) is 2.